The van der Waals surface area contributed by atoms with Gasteiger partial charge in [0.2, 0.25) is 0 Å². The maximum absolute atomic E-state index is 8.89. The standard InChI is InChI=1S/C11H17BO3/c1-3-9(2)8-15-11-6-4-10(5-7-11)12(13)14/h4-7,9,13-14H,3,8H2,1-2H3/t9-/m0/s1. The molecular weight excluding hydrogens is 191 g/mol. The first kappa shape index (κ1) is 12.1. The topological polar surface area (TPSA) is 49.7 Å². The quantitative estimate of drug-likeness (QED) is 0.703. The predicted molar refractivity (Wildman–Crippen MR) is 61.2 cm³/mol. The van der Waals surface area contributed by atoms with Crippen molar-refractivity contribution in [2.45, 2.75) is 20.3 Å². The first-order chi connectivity index (χ1) is 7.13. The highest BCUT2D eigenvalue weighted by atomic mass is 16.5. The van der Waals surface area contributed by atoms with E-state index < -0.39 is 7.12 Å². The molecule has 0 amide bonds. The number of rotatable bonds is 5. The summed E-state index contributed by atoms with van der Waals surface area (Å²) in [6, 6.07) is 6.79. The van der Waals surface area contributed by atoms with Gasteiger partial charge in [-0.25, -0.2) is 0 Å². The molecule has 2 N–H and O–H groups in total. The van der Waals surface area contributed by atoms with E-state index in [1.54, 1.807) is 24.3 Å². The molecule has 0 aliphatic rings. The fraction of sp³-hybridized carbons (Fsp3) is 0.455. The van der Waals surface area contributed by atoms with Crippen LogP contribution in [0.3, 0.4) is 0 Å². The summed E-state index contributed by atoms with van der Waals surface area (Å²) in [6.45, 7) is 4.95. The van der Waals surface area contributed by atoms with E-state index in [1.807, 2.05) is 0 Å². The summed E-state index contributed by atoms with van der Waals surface area (Å²) in [5.74, 6) is 1.30. The molecule has 0 spiro atoms. The lowest BCUT2D eigenvalue weighted by molar-refractivity contribution is 0.256. The summed E-state index contributed by atoms with van der Waals surface area (Å²) in [6.07, 6.45) is 1.09. The van der Waals surface area contributed by atoms with Crippen LogP contribution in [-0.4, -0.2) is 23.8 Å². The molecule has 1 atom stereocenters. The van der Waals surface area contributed by atoms with E-state index in [2.05, 4.69) is 13.8 Å². The van der Waals surface area contributed by atoms with Crippen LogP contribution in [0.4, 0.5) is 0 Å². The molecule has 0 heterocycles. The van der Waals surface area contributed by atoms with Crippen molar-refractivity contribution in [1.82, 2.24) is 0 Å². The van der Waals surface area contributed by atoms with E-state index >= 15 is 0 Å². The van der Waals surface area contributed by atoms with E-state index in [0.29, 0.717) is 18.0 Å². The summed E-state index contributed by atoms with van der Waals surface area (Å²) in [5, 5.41) is 17.8. The third kappa shape index (κ3) is 3.94. The van der Waals surface area contributed by atoms with Gasteiger partial charge in [-0.1, -0.05) is 32.4 Å². The molecule has 0 aliphatic carbocycles. The minimum absolute atomic E-state index is 0.478. The van der Waals surface area contributed by atoms with Gasteiger partial charge >= 0.3 is 7.12 Å². The van der Waals surface area contributed by atoms with Crippen molar-refractivity contribution in [2.75, 3.05) is 6.61 Å². The van der Waals surface area contributed by atoms with Crippen LogP contribution in [0.5, 0.6) is 5.75 Å². The van der Waals surface area contributed by atoms with Gasteiger partial charge < -0.3 is 14.8 Å². The van der Waals surface area contributed by atoms with Gasteiger partial charge in [-0.15, -0.1) is 0 Å². The zero-order valence-electron chi connectivity index (χ0n) is 9.18. The molecule has 1 aromatic carbocycles. The molecule has 0 aliphatic heterocycles. The molecule has 0 aromatic heterocycles. The minimum Gasteiger partial charge on any atom is -0.493 e. The van der Waals surface area contributed by atoms with Gasteiger partial charge in [0.15, 0.2) is 0 Å². The molecule has 0 saturated carbocycles. The largest absolute Gasteiger partial charge is 0.493 e. The molecule has 3 nitrogen and oxygen atoms in total. The van der Waals surface area contributed by atoms with Crippen molar-refractivity contribution in [3.8, 4) is 5.75 Å². The Labute approximate surface area is 90.9 Å². The van der Waals surface area contributed by atoms with Crippen molar-refractivity contribution in [2.24, 2.45) is 5.92 Å². The first-order valence-corrected chi connectivity index (χ1v) is 5.22. The van der Waals surface area contributed by atoms with Crippen molar-refractivity contribution < 1.29 is 14.8 Å². The Kier molecular flexibility index (Phi) is 4.65. The molecule has 4 heteroatoms. The Morgan fingerprint density at radius 3 is 2.33 bits per heavy atom. The van der Waals surface area contributed by atoms with E-state index in [9.17, 15) is 0 Å². The van der Waals surface area contributed by atoms with Crippen molar-refractivity contribution in [3.05, 3.63) is 24.3 Å². The van der Waals surface area contributed by atoms with Gasteiger partial charge in [0, 0.05) is 0 Å². The monoisotopic (exact) mass is 208 g/mol. The van der Waals surface area contributed by atoms with Gasteiger partial charge in [-0.3, -0.25) is 0 Å². The molecule has 1 rings (SSSR count). The summed E-state index contributed by atoms with van der Waals surface area (Å²) in [5.41, 5.74) is 0.478. The molecular formula is C11H17BO3. The van der Waals surface area contributed by atoms with Crippen LogP contribution in [0.15, 0.2) is 24.3 Å². The molecule has 1 aromatic rings. The second-order valence-electron chi connectivity index (χ2n) is 3.77. The van der Waals surface area contributed by atoms with Gasteiger partial charge in [0.25, 0.3) is 0 Å². The van der Waals surface area contributed by atoms with Gasteiger partial charge in [0.1, 0.15) is 5.75 Å². The molecule has 0 saturated heterocycles. The van der Waals surface area contributed by atoms with E-state index in [0.717, 1.165) is 12.2 Å². The number of ether oxygens (including phenoxy) is 1. The Morgan fingerprint density at radius 1 is 1.27 bits per heavy atom. The molecule has 82 valence electrons. The molecule has 0 fully saturated rings. The fourth-order valence-corrected chi connectivity index (χ4v) is 1.09. The van der Waals surface area contributed by atoms with Crippen molar-refractivity contribution in [3.63, 3.8) is 0 Å². The lowest BCUT2D eigenvalue weighted by Gasteiger charge is -2.11. The van der Waals surface area contributed by atoms with Crippen LogP contribution in [0.1, 0.15) is 20.3 Å². The maximum atomic E-state index is 8.89. The minimum atomic E-state index is -1.41. The van der Waals surface area contributed by atoms with Crippen molar-refractivity contribution >= 4 is 12.6 Å². The van der Waals surface area contributed by atoms with Gasteiger partial charge in [0.05, 0.1) is 6.61 Å². The lowest BCUT2D eigenvalue weighted by atomic mass is 9.80. The Bertz CT molecular complexity index is 284. The highest BCUT2D eigenvalue weighted by Gasteiger charge is 2.09. The van der Waals surface area contributed by atoms with Crippen LogP contribution >= 0.6 is 0 Å². The normalized spacial score (nSPS) is 12.3. The molecule has 15 heavy (non-hydrogen) atoms. The Hall–Kier alpha value is -0.995. The number of hydrogen-bond acceptors (Lipinski definition) is 3. The van der Waals surface area contributed by atoms with Crippen LogP contribution in [0, 0.1) is 5.92 Å². The van der Waals surface area contributed by atoms with Crippen LogP contribution in [0.25, 0.3) is 0 Å². The lowest BCUT2D eigenvalue weighted by Crippen LogP contribution is -2.29. The predicted octanol–water partition coefficient (Wildman–Crippen LogP) is 0.791. The Balaban J connectivity index is 2.50. The summed E-state index contributed by atoms with van der Waals surface area (Å²) in [4.78, 5) is 0. The van der Waals surface area contributed by atoms with Crippen LogP contribution in [-0.2, 0) is 0 Å². The second-order valence-corrected chi connectivity index (χ2v) is 3.77. The third-order valence-electron chi connectivity index (χ3n) is 2.41. The second kappa shape index (κ2) is 5.78. The summed E-state index contributed by atoms with van der Waals surface area (Å²) < 4.78 is 5.53. The Morgan fingerprint density at radius 2 is 1.87 bits per heavy atom. The van der Waals surface area contributed by atoms with E-state index in [-0.39, 0.29) is 0 Å². The van der Waals surface area contributed by atoms with Crippen LogP contribution < -0.4 is 10.2 Å². The summed E-state index contributed by atoms with van der Waals surface area (Å²) >= 11 is 0. The first-order valence-electron chi connectivity index (χ1n) is 5.22. The number of hydrogen-bond donors (Lipinski definition) is 2. The zero-order chi connectivity index (χ0) is 11.3. The zero-order valence-corrected chi connectivity index (χ0v) is 9.18. The average Bonchev–Trinajstić information content (AvgIpc) is 2.26. The highest BCUT2D eigenvalue weighted by Crippen LogP contribution is 2.10. The third-order valence-corrected chi connectivity index (χ3v) is 2.41. The molecule has 0 unspecified atom stereocenters. The fourth-order valence-electron chi connectivity index (χ4n) is 1.09. The average molecular weight is 208 g/mol. The maximum Gasteiger partial charge on any atom is 0.488 e. The van der Waals surface area contributed by atoms with Crippen molar-refractivity contribution in [1.29, 1.82) is 0 Å². The van der Waals surface area contributed by atoms with Gasteiger partial charge in [-0.05, 0) is 23.5 Å². The summed E-state index contributed by atoms with van der Waals surface area (Å²) in [7, 11) is -1.41. The SMILES string of the molecule is CC[C@H](C)COc1ccc(B(O)O)cc1. The smallest absolute Gasteiger partial charge is 0.488 e. The van der Waals surface area contributed by atoms with Crippen LogP contribution in [0.2, 0.25) is 0 Å². The van der Waals surface area contributed by atoms with E-state index in [1.165, 1.54) is 0 Å². The molecule has 0 radical (unpaired) electrons. The molecule has 0 bridgehead atoms. The van der Waals surface area contributed by atoms with E-state index in [4.69, 9.17) is 14.8 Å². The highest BCUT2D eigenvalue weighted by molar-refractivity contribution is 6.58. The van der Waals surface area contributed by atoms with Gasteiger partial charge in [-0.2, -0.15) is 0 Å². The number of benzene rings is 1.